The van der Waals surface area contributed by atoms with E-state index in [1.165, 1.54) is 11.5 Å². The molecule has 4 heteroatoms. The van der Waals surface area contributed by atoms with Crippen molar-refractivity contribution in [1.29, 1.82) is 0 Å². The van der Waals surface area contributed by atoms with Crippen molar-refractivity contribution in [3.05, 3.63) is 36.1 Å². The van der Waals surface area contributed by atoms with Gasteiger partial charge in [-0.05, 0) is 23.7 Å². The molecular weight excluding hydrogens is 172 g/mol. The minimum Gasteiger partial charge on any atom is -0.453 e. The third-order valence-electron chi connectivity index (χ3n) is 1.28. The quantitative estimate of drug-likeness (QED) is 0.707. The smallest absolute Gasteiger partial charge is 0.158 e. The van der Waals surface area contributed by atoms with Crippen LogP contribution in [-0.2, 0) is 0 Å². The Hall–Kier alpha value is -1.42. The van der Waals surface area contributed by atoms with E-state index in [0.29, 0.717) is 0 Å². The summed E-state index contributed by atoms with van der Waals surface area (Å²) in [6, 6.07) is 3.68. The summed E-state index contributed by atoms with van der Waals surface area (Å²) in [4.78, 5) is 3.92. The van der Waals surface area contributed by atoms with Gasteiger partial charge in [0.1, 0.15) is 5.75 Å². The van der Waals surface area contributed by atoms with E-state index < -0.39 is 0 Å². The van der Waals surface area contributed by atoms with Crippen LogP contribution in [0, 0.1) is 0 Å². The van der Waals surface area contributed by atoms with E-state index >= 15 is 0 Å². The van der Waals surface area contributed by atoms with Crippen LogP contribution >= 0.6 is 11.5 Å². The maximum atomic E-state index is 5.40. The van der Waals surface area contributed by atoms with Crippen LogP contribution in [0.1, 0.15) is 0 Å². The monoisotopic (exact) mass is 178 g/mol. The maximum absolute atomic E-state index is 5.40. The van der Waals surface area contributed by atoms with Gasteiger partial charge in [0, 0.05) is 6.20 Å². The predicted octanol–water partition coefficient (Wildman–Crippen LogP) is 2.33. The number of hydrogen-bond donors (Lipinski definition) is 0. The Labute approximate surface area is 73.8 Å². The molecule has 0 unspecified atom stereocenters. The molecule has 2 aromatic rings. The fraction of sp³-hybridized carbons (Fsp3) is 0. The van der Waals surface area contributed by atoms with Crippen LogP contribution in [-0.4, -0.2) is 9.36 Å². The molecule has 0 N–H and O–H groups in total. The van der Waals surface area contributed by atoms with E-state index in [0.717, 1.165) is 11.5 Å². The average Bonchev–Trinajstić information content (AvgIpc) is 2.59. The zero-order valence-corrected chi connectivity index (χ0v) is 6.99. The lowest BCUT2D eigenvalue weighted by atomic mass is 10.5. The van der Waals surface area contributed by atoms with Gasteiger partial charge in [-0.15, -0.1) is 0 Å². The van der Waals surface area contributed by atoms with Crippen molar-refractivity contribution in [3.63, 3.8) is 0 Å². The molecule has 2 heterocycles. The lowest BCUT2D eigenvalue weighted by molar-refractivity contribution is 0.481. The first kappa shape index (κ1) is 7.24. The highest BCUT2D eigenvalue weighted by Crippen LogP contribution is 2.20. The van der Waals surface area contributed by atoms with E-state index in [4.69, 9.17) is 4.74 Å². The third kappa shape index (κ3) is 1.60. The number of nitrogens with zero attached hydrogens (tertiary/aromatic N) is 2. The first-order chi connectivity index (χ1) is 5.95. The molecule has 0 aromatic carbocycles. The second-order valence-electron chi connectivity index (χ2n) is 2.15. The lowest BCUT2D eigenvalue weighted by Gasteiger charge is -1.99. The normalized spacial score (nSPS) is 9.67. The molecule has 2 rings (SSSR count). The summed E-state index contributed by atoms with van der Waals surface area (Å²) >= 11 is 1.36. The Morgan fingerprint density at radius 2 is 2.25 bits per heavy atom. The molecular formula is C8H6N2OS. The number of hydrogen-bond acceptors (Lipinski definition) is 4. The van der Waals surface area contributed by atoms with Gasteiger partial charge >= 0.3 is 0 Å². The van der Waals surface area contributed by atoms with Crippen LogP contribution < -0.4 is 4.74 Å². The fourth-order valence-electron chi connectivity index (χ4n) is 0.789. The van der Waals surface area contributed by atoms with Crippen molar-refractivity contribution in [1.82, 2.24) is 9.36 Å². The Bertz CT molecular complexity index is 333. The van der Waals surface area contributed by atoms with Gasteiger partial charge in [-0.2, -0.15) is 4.37 Å². The molecule has 0 fully saturated rings. The highest BCUT2D eigenvalue weighted by Gasteiger charge is 1.95. The van der Waals surface area contributed by atoms with Gasteiger partial charge in [-0.1, -0.05) is 0 Å². The summed E-state index contributed by atoms with van der Waals surface area (Å²) in [5.74, 6) is 1.49. The number of ether oxygens (including phenoxy) is 1. The minimum absolute atomic E-state index is 0.734. The first-order valence-corrected chi connectivity index (χ1v) is 4.26. The number of pyridine rings is 1. The minimum atomic E-state index is 0.734. The molecule has 0 aliphatic rings. The van der Waals surface area contributed by atoms with Crippen molar-refractivity contribution >= 4 is 11.5 Å². The van der Waals surface area contributed by atoms with E-state index in [-0.39, 0.29) is 0 Å². The Morgan fingerprint density at radius 3 is 2.92 bits per heavy atom. The zero-order chi connectivity index (χ0) is 8.23. The van der Waals surface area contributed by atoms with Crippen molar-refractivity contribution in [3.8, 4) is 11.5 Å². The Morgan fingerprint density at radius 1 is 1.25 bits per heavy atom. The molecule has 0 amide bonds. The number of rotatable bonds is 2. The molecule has 0 spiro atoms. The molecule has 60 valence electrons. The van der Waals surface area contributed by atoms with Crippen LogP contribution in [0.2, 0.25) is 0 Å². The summed E-state index contributed by atoms with van der Waals surface area (Å²) in [5.41, 5.74) is 0. The van der Waals surface area contributed by atoms with Crippen molar-refractivity contribution in [2.75, 3.05) is 0 Å². The average molecular weight is 178 g/mol. The number of aromatic nitrogens is 2. The van der Waals surface area contributed by atoms with Crippen LogP contribution in [0.3, 0.4) is 0 Å². The molecule has 0 saturated carbocycles. The van der Waals surface area contributed by atoms with Crippen molar-refractivity contribution in [2.45, 2.75) is 0 Å². The molecule has 0 atom stereocenters. The second kappa shape index (κ2) is 3.32. The van der Waals surface area contributed by atoms with Crippen LogP contribution in [0.5, 0.6) is 11.5 Å². The van der Waals surface area contributed by atoms with Crippen LogP contribution in [0.15, 0.2) is 36.1 Å². The summed E-state index contributed by atoms with van der Waals surface area (Å²) in [6.07, 6.45) is 5.05. The highest BCUT2D eigenvalue weighted by molar-refractivity contribution is 7.03. The maximum Gasteiger partial charge on any atom is 0.158 e. The summed E-state index contributed by atoms with van der Waals surface area (Å²) in [5, 5.41) is 1.84. The largest absolute Gasteiger partial charge is 0.453 e. The van der Waals surface area contributed by atoms with Gasteiger partial charge in [0.05, 0.1) is 17.8 Å². The van der Waals surface area contributed by atoms with E-state index in [1.54, 1.807) is 18.6 Å². The van der Waals surface area contributed by atoms with Gasteiger partial charge in [0.2, 0.25) is 0 Å². The summed E-state index contributed by atoms with van der Waals surface area (Å²) in [7, 11) is 0. The molecule has 0 radical (unpaired) electrons. The molecule has 12 heavy (non-hydrogen) atoms. The third-order valence-corrected chi connectivity index (χ3v) is 1.84. The van der Waals surface area contributed by atoms with Gasteiger partial charge in [-0.25, -0.2) is 0 Å². The van der Waals surface area contributed by atoms with Crippen molar-refractivity contribution < 1.29 is 4.74 Å². The summed E-state index contributed by atoms with van der Waals surface area (Å²) in [6.45, 7) is 0. The molecule has 0 aliphatic heterocycles. The van der Waals surface area contributed by atoms with Gasteiger partial charge in [0.25, 0.3) is 0 Å². The molecule has 2 aromatic heterocycles. The zero-order valence-electron chi connectivity index (χ0n) is 6.18. The van der Waals surface area contributed by atoms with E-state index in [9.17, 15) is 0 Å². The van der Waals surface area contributed by atoms with Crippen molar-refractivity contribution in [2.24, 2.45) is 0 Å². The first-order valence-electron chi connectivity index (χ1n) is 3.42. The lowest BCUT2D eigenvalue weighted by Crippen LogP contribution is -1.81. The fourth-order valence-corrected chi connectivity index (χ4v) is 1.23. The molecule has 0 aliphatic carbocycles. The van der Waals surface area contributed by atoms with Gasteiger partial charge in [0.15, 0.2) is 5.75 Å². The van der Waals surface area contributed by atoms with E-state index in [2.05, 4.69) is 9.36 Å². The Balaban J connectivity index is 2.15. The molecule has 3 nitrogen and oxygen atoms in total. The molecule has 0 bridgehead atoms. The second-order valence-corrected chi connectivity index (χ2v) is 2.81. The molecule has 0 saturated heterocycles. The standard InChI is InChI=1S/C8H6N2OS/c1-2-7(4-9-3-1)11-8-5-10-12-6-8/h1-6H. The van der Waals surface area contributed by atoms with Gasteiger partial charge < -0.3 is 4.74 Å². The topological polar surface area (TPSA) is 35.0 Å². The Kier molecular flexibility index (Phi) is 2.00. The summed E-state index contributed by atoms with van der Waals surface area (Å²) < 4.78 is 9.32. The van der Waals surface area contributed by atoms with Crippen LogP contribution in [0.4, 0.5) is 0 Å². The van der Waals surface area contributed by atoms with E-state index in [1.807, 2.05) is 17.5 Å². The van der Waals surface area contributed by atoms with Gasteiger partial charge in [-0.3, -0.25) is 4.98 Å². The SMILES string of the molecule is c1cncc(Oc2cnsc2)c1. The highest BCUT2D eigenvalue weighted by atomic mass is 32.1. The predicted molar refractivity (Wildman–Crippen MR) is 46.4 cm³/mol. The van der Waals surface area contributed by atoms with Crippen LogP contribution in [0.25, 0.3) is 0 Å².